The highest BCUT2D eigenvalue weighted by Crippen LogP contribution is 2.27. The van der Waals surface area contributed by atoms with E-state index in [4.69, 9.17) is 10.4 Å². The van der Waals surface area contributed by atoms with E-state index in [1.165, 1.54) is 22.0 Å². The number of nitrogens with zero attached hydrogens (tertiary/aromatic N) is 5. The van der Waals surface area contributed by atoms with Gasteiger partial charge in [0.15, 0.2) is 11.6 Å². The summed E-state index contributed by atoms with van der Waals surface area (Å²) in [7, 11) is 0. The van der Waals surface area contributed by atoms with E-state index in [-0.39, 0.29) is 5.41 Å². The van der Waals surface area contributed by atoms with Crippen LogP contribution in [0.5, 0.6) is 0 Å². The van der Waals surface area contributed by atoms with Crippen molar-refractivity contribution >= 4 is 11.8 Å². The molecule has 0 aliphatic carbocycles. The Balaban J connectivity index is 1.67. The summed E-state index contributed by atoms with van der Waals surface area (Å²) in [6, 6.07) is 8.27. The predicted molar refractivity (Wildman–Crippen MR) is 107 cm³/mol. The maximum atomic E-state index is 6.20. The van der Waals surface area contributed by atoms with Crippen LogP contribution in [0.4, 0.5) is 0 Å². The predicted octanol–water partition coefficient (Wildman–Crippen LogP) is 3.97. The number of rotatable bonds is 7. The molecule has 0 aliphatic rings. The summed E-state index contributed by atoms with van der Waals surface area (Å²) in [6.07, 6.45) is 2.96. The average Bonchev–Trinajstić information content (AvgIpc) is 3.24. The molecular formula is C19H26N6OS. The van der Waals surface area contributed by atoms with Gasteiger partial charge in [-0.15, -0.1) is 10.2 Å². The highest BCUT2D eigenvalue weighted by Gasteiger charge is 2.16. The molecule has 144 valence electrons. The zero-order valence-corrected chi connectivity index (χ0v) is 17.1. The zero-order valence-electron chi connectivity index (χ0n) is 16.3. The molecule has 0 fully saturated rings. The topological polar surface area (TPSA) is 95.7 Å². The van der Waals surface area contributed by atoms with Crippen molar-refractivity contribution < 1.29 is 4.52 Å². The summed E-state index contributed by atoms with van der Waals surface area (Å²) < 4.78 is 6.76. The molecule has 0 saturated carbocycles. The van der Waals surface area contributed by atoms with E-state index in [0.29, 0.717) is 28.4 Å². The lowest BCUT2D eigenvalue weighted by Crippen LogP contribution is -2.12. The van der Waals surface area contributed by atoms with Gasteiger partial charge < -0.3 is 10.4 Å². The molecular weight excluding hydrogens is 360 g/mol. The molecule has 0 bridgehead atoms. The lowest BCUT2D eigenvalue weighted by atomic mass is 9.87. The molecule has 0 saturated heterocycles. The fourth-order valence-corrected chi connectivity index (χ4v) is 3.30. The van der Waals surface area contributed by atoms with E-state index in [9.17, 15) is 0 Å². The van der Waals surface area contributed by atoms with Crippen molar-refractivity contribution in [1.29, 1.82) is 0 Å². The Kier molecular flexibility index (Phi) is 5.84. The zero-order chi connectivity index (χ0) is 19.4. The van der Waals surface area contributed by atoms with E-state index < -0.39 is 0 Å². The summed E-state index contributed by atoms with van der Waals surface area (Å²) in [4.78, 5) is 4.39. The molecule has 0 amide bonds. The largest absolute Gasteiger partial charge is 0.339 e. The van der Waals surface area contributed by atoms with Crippen LogP contribution in [0.15, 0.2) is 33.9 Å². The molecule has 2 heterocycles. The second-order valence-corrected chi connectivity index (χ2v) is 8.44. The molecule has 7 nitrogen and oxygen atoms in total. The van der Waals surface area contributed by atoms with Crippen molar-refractivity contribution in [1.82, 2.24) is 25.0 Å². The van der Waals surface area contributed by atoms with Crippen molar-refractivity contribution in [3.05, 3.63) is 41.5 Å². The quantitative estimate of drug-likeness (QED) is 0.485. The molecule has 27 heavy (non-hydrogen) atoms. The standard InChI is InChI=1S/C19H26N6OS/c1-5-6-7-16-21-15(24-26-16)12-27-18-23-22-17(25(18)20)13-8-10-14(11-9-13)19(2,3)4/h8-11H,5-7,12,20H2,1-4H3. The number of thioether (sulfide) groups is 1. The maximum Gasteiger partial charge on any atom is 0.226 e. The summed E-state index contributed by atoms with van der Waals surface area (Å²) in [5.41, 5.74) is 2.31. The number of unbranched alkanes of at least 4 members (excludes halogenated alkanes) is 1. The van der Waals surface area contributed by atoms with Crippen LogP contribution in [0.1, 0.15) is 57.8 Å². The first-order valence-electron chi connectivity index (χ1n) is 9.14. The van der Waals surface area contributed by atoms with E-state index >= 15 is 0 Å². The van der Waals surface area contributed by atoms with E-state index in [0.717, 1.165) is 24.8 Å². The van der Waals surface area contributed by atoms with Gasteiger partial charge in [0.25, 0.3) is 0 Å². The lowest BCUT2D eigenvalue weighted by Gasteiger charge is -2.19. The van der Waals surface area contributed by atoms with E-state index in [1.807, 2.05) is 12.1 Å². The monoisotopic (exact) mass is 386 g/mol. The summed E-state index contributed by atoms with van der Waals surface area (Å²) >= 11 is 1.44. The molecule has 0 spiro atoms. The van der Waals surface area contributed by atoms with E-state index in [1.54, 1.807) is 0 Å². The fraction of sp³-hybridized carbons (Fsp3) is 0.474. The Hall–Kier alpha value is -2.35. The number of hydrogen-bond acceptors (Lipinski definition) is 7. The number of benzene rings is 1. The van der Waals surface area contributed by atoms with Crippen LogP contribution in [0, 0.1) is 0 Å². The molecule has 0 aliphatic heterocycles. The van der Waals surface area contributed by atoms with Crippen LogP contribution in [0.2, 0.25) is 0 Å². The number of nitrogens with two attached hydrogens (primary N) is 1. The molecule has 0 unspecified atom stereocenters. The molecule has 0 atom stereocenters. The Morgan fingerprint density at radius 1 is 1.15 bits per heavy atom. The summed E-state index contributed by atoms with van der Waals surface area (Å²) in [5.74, 6) is 8.70. The van der Waals surface area contributed by atoms with Gasteiger partial charge in [0.05, 0.1) is 5.75 Å². The van der Waals surface area contributed by atoms with Crippen LogP contribution in [0.25, 0.3) is 11.4 Å². The third kappa shape index (κ3) is 4.68. The minimum absolute atomic E-state index is 0.108. The molecule has 0 radical (unpaired) electrons. The SMILES string of the molecule is CCCCc1nc(CSc2nnc(-c3ccc(C(C)(C)C)cc3)n2N)no1. The van der Waals surface area contributed by atoms with Crippen LogP contribution in [-0.4, -0.2) is 25.0 Å². The van der Waals surface area contributed by atoms with Gasteiger partial charge >= 0.3 is 0 Å². The number of aromatic nitrogens is 5. The molecule has 3 rings (SSSR count). The molecule has 8 heteroatoms. The lowest BCUT2D eigenvalue weighted by molar-refractivity contribution is 0.371. The number of nitrogen functional groups attached to an aromatic ring is 1. The van der Waals surface area contributed by atoms with Crippen molar-refractivity contribution in [2.24, 2.45) is 0 Å². The Labute approximate surface area is 163 Å². The van der Waals surface area contributed by atoms with Gasteiger partial charge in [-0.05, 0) is 17.4 Å². The Bertz CT molecular complexity index is 878. The van der Waals surface area contributed by atoms with Crippen molar-refractivity contribution in [3.8, 4) is 11.4 Å². The first kappa shape index (κ1) is 19.4. The van der Waals surface area contributed by atoms with Crippen LogP contribution in [0.3, 0.4) is 0 Å². The third-order valence-corrected chi connectivity index (χ3v) is 5.20. The fourth-order valence-electron chi connectivity index (χ4n) is 2.60. The molecule has 1 aromatic carbocycles. The van der Waals surface area contributed by atoms with Gasteiger partial charge in [-0.2, -0.15) is 4.98 Å². The molecule has 3 aromatic rings. The van der Waals surface area contributed by atoms with Crippen LogP contribution >= 0.6 is 11.8 Å². The highest BCUT2D eigenvalue weighted by molar-refractivity contribution is 7.98. The van der Waals surface area contributed by atoms with E-state index in [2.05, 4.69) is 60.2 Å². The smallest absolute Gasteiger partial charge is 0.226 e. The van der Waals surface area contributed by atoms with Gasteiger partial charge in [0.2, 0.25) is 11.0 Å². The molecule has 2 aromatic heterocycles. The van der Waals surface area contributed by atoms with Crippen molar-refractivity contribution in [3.63, 3.8) is 0 Å². The van der Waals surface area contributed by atoms with Crippen LogP contribution < -0.4 is 5.84 Å². The second kappa shape index (κ2) is 8.12. The van der Waals surface area contributed by atoms with Crippen molar-refractivity contribution in [2.45, 2.75) is 63.3 Å². The first-order valence-corrected chi connectivity index (χ1v) is 10.1. The highest BCUT2D eigenvalue weighted by atomic mass is 32.2. The van der Waals surface area contributed by atoms with Crippen molar-refractivity contribution in [2.75, 3.05) is 5.84 Å². The normalized spacial score (nSPS) is 11.9. The summed E-state index contributed by atoms with van der Waals surface area (Å²) in [5, 5.41) is 13.1. The van der Waals surface area contributed by atoms with Gasteiger partial charge in [0.1, 0.15) is 0 Å². The minimum Gasteiger partial charge on any atom is -0.339 e. The maximum absolute atomic E-state index is 6.20. The average molecular weight is 387 g/mol. The van der Waals surface area contributed by atoms with Gasteiger partial charge in [-0.25, -0.2) is 4.68 Å². The first-order chi connectivity index (χ1) is 12.9. The summed E-state index contributed by atoms with van der Waals surface area (Å²) in [6.45, 7) is 8.70. The number of aryl methyl sites for hydroxylation is 1. The number of hydrogen-bond donors (Lipinski definition) is 1. The third-order valence-electron chi connectivity index (χ3n) is 4.26. The van der Waals surface area contributed by atoms with Crippen LogP contribution in [-0.2, 0) is 17.6 Å². The second-order valence-electron chi connectivity index (χ2n) is 7.50. The van der Waals surface area contributed by atoms with Gasteiger partial charge in [-0.1, -0.05) is 75.3 Å². The van der Waals surface area contributed by atoms with Gasteiger partial charge in [-0.3, -0.25) is 0 Å². The minimum atomic E-state index is 0.108. The Morgan fingerprint density at radius 2 is 1.89 bits per heavy atom. The molecule has 2 N–H and O–H groups in total. The van der Waals surface area contributed by atoms with Gasteiger partial charge in [0, 0.05) is 12.0 Å². The Morgan fingerprint density at radius 3 is 2.56 bits per heavy atom.